The molecule has 22 heavy (non-hydrogen) atoms. The topological polar surface area (TPSA) is 4.93 Å². The lowest BCUT2D eigenvalue weighted by molar-refractivity contribution is 0.590. The van der Waals surface area contributed by atoms with Crippen LogP contribution in [-0.2, 0) is 0 Å². The Hall–Kier alpha value is -2.20. The number of halogens is 3. The fraction of sp³-hybridized carbons (Fsp3) is 0. The molecule has 4 aromatic rings. The molecule has 0 unspecified atom stereocenters. The summed E-state index contributed by atoms with van der Waals surface area (Å²) in [6.45, 7) is 0. The van der Waals surface area contributed by atoms with Crippen molar-refractivity contribution in [1.29, 1.82) is 0 Å². The first-order valence-electron chi connectivity index (χ1n) is 6.79. The van der Waals surface area contributed by atoms with Gasteiger partial charge < -0.3 is 4.57 Å². The van der Waals surface area contributed by atoms with Crippen LogP contribution in [0.4, 0.5) is 8.78 Å². The molecule has 3 aromatic carbocycles. The van der Waals surface area contributed by atoms with E-state index >= 15 is 0 Å². The van der Waals surface area contributed by atoms with Crippen molar-refractivity contribution in [1.82, 2.24) is 4.57 Å². The first-order valence-corrected chi connectivity index (χ1v) is 7.58. The third kappa shape index (κ3) is 1.95. The van der Waals surface area contributed by atoms with Crippen LogP contribution in [0.1, 0.15) is 0 Å². The van der Waals surface area contributed by atoms with E-state index in [1.54, 1.807) is 0 Å². The number of hydrogen-bond donors (Lipinski definition) is 0. The van der Waals surface area contributed by atoms with E-state index in [2.05, 4.69) is 15.9 Å². The predicted octanol–water partition coefficient (Wildman–Crippen LogP) is 5.82. The van der Waals surface area contributed by atoms with Crippen molar-refractivity contribution in [2.75, 3.05) is 0 Å². The number of hydrogen-bond acceptors (Lipinski definition) is 0. The average Bonchev–Trinajstić information content (AvgIpc) is 2.82. The molecule has 0 spiro atoms. The maximum Gasteiger partial charge on any atom is 0.150 e. The standard InChI is InChI=1S/C18H10BrF2N/c19-11-6-7-17-14(8-11)15-9-12(20)10-16(21)18(15)22(17)13-4-2-1-3-5-13/h1-10H. The minimum absolute atomic E-state index is 0.390. The minimum Gasteiger partial charge on any atom is -0.307 e. The fourth-order valence-corrected chi connectivity index (χ4v) is 3.24. The van der Waals surface area contributed by atoms with E-state index in [0.717, 1.165) is 27.1 Å². The summed E-state index contributed by atoms with van der Waals surface area (Å²) in [7, 11) is 0. The number of benzene rings is 3. The molecule has 0 N–H and O–H groups in total. The van der Waals surface area contributed by atoms with Gasteiger partial charge in [0.2, 0.25) is 0 Å². The molecule has 0 fully saturated rings. The van der Waals surface area contributed by atoms with Crippen molar-refractivity contribution in [2.24, 2.45) is 0 Å². The van der Waals surface area contributed by atoms with Gasteiger partial charge in [-0.3, -0.25) is 0 Å². The van der Waals surface area contributed by atoms with E-state index in [1.165, 1.54) is 6.07 Å². The van der Waals surface area contributed by atoms with Crippen LogP contribution in [-0.4, -0.2) is 4.57 Å². The van der Waals surface area contributed by atoms with E-state index in [4.69, 9.17) is 0 Å². The van der Waals surface area contributed by atoms with Crippen LogP contribution < -0.4 is 0 Å². The highest BCUT2D eigenvalue weighted by molar-refractivity contribution is 9.10. The number of rotatable bonds is 1. The van der Waals surface area contributed by atoms with Crippen molar-refractivity contribution >= 4 is 37.7 Å². The molecule has 4 heteroatoms. The summed E-state index contributed by atoms with van der Waals surface area (Å²) in [6, 6.07) is 17.5. The zero-order chi connectivity index (χ0) is 15.3. The van der Waals surface area contributed by atoms with Gasteiger partial charge in [0.1, 0.15) is 5.82 Å². The molecule has 0 aliphatic heterocycles. The third-order valence-electron chi connectivity index (χ3n) is 3.76. The second kappa shape index (κ2) is 4.92. The van der Waals surface area contributed by atoms with Gasteiger partial charge in [-0.05, 0) is 36.4 Å². The normalized spacial score (nSPS) is 11.4. The Morgan fingerprint density at radius 2 is 1.59 bits per heavy atom. The molecular formula is C18H10BrF2N. The molecule has 0 aliphatic carbocycles. The predicted molar refractivity (Wildman–Crippen MR) is 88.4 cm³/mol. The van der Waals surface area contributed by atoms with Gasteiger partial charge in [0.15, 0.2) is 5.82 Å². The van der Waals surface area contributed by atoms with Crippen LogP contribution in [0.3, 0.4) is 0 Å². The lowest BCUT2D eigenvalue weighted by Crippen LogP contribution is -1.95. The van der Waals surface area contributed by atoms with Crippen LogP contribution in [0.25, 0.3) is 27.5 Å². The minimum atomic E-state index is -0.572. The van der Waals surface area contributed by atoms with Gasteiger partial charge in [-0.25, -0.2) is 8.78 Å². The Morgan fingerprint density at radius 1 is 0.818 bits per heavy atom. The summed E-state index contributed by atoms with van der Waals surface area (Å²) < 4.78 is 30.8. The van der Waals surface area contributed by atoms with Crippen molar-refractivity contribution in [2.45, 2.75) is 0 Å². The lowest BCUT2D eigenvalue weighted by atomic mass is 10.1. The van der Waals surface area contributed by atoms with Crippen molar-refractivity contribution < 1.29 is 8.78 Å². The molecule has 1 aromatic heterocycles. The van der Waals surface area contributed by atoms with Gasteiger partial charge in [0.25, 0.3) is 0 Å². The molecular weight excluding hydrogens is 348 g/mol. The smallest absolute Gasteiger partial charge is 0.150 e. The first-order chi connectivity index (χ1) is 10.6. The summed E-state index contributed by atoms with van der Waals surface area (Å²) in [5.41, 5.74) is 2.07. The van der Waals surface area contributed by atoms with E-state index in [-0.39, 0.29) is 0 Å². The molecule has 0 saturated heterocycles. The summed E-state index contributed by atoms with van der Waals surface area (Å²) in [5, 5.41) is 1.38. The molecule has 0 saturated carbocycles. The molecule has 0 atom stereocenters. The number of nitrogens with zero attached hydrogens (tertiary/aromatic N) is 1. The molecule has 0 aliphatic rings. The maximum atomic E-state index is 14.5. The molecule has 0 bridgehead atoms. The van der Waals surface area contributed by atoms with Crippen LogP contribution in [0.5, 0.6) is 0 Å². The van der Waals surface area contributed by atoms with Crippen LogP contribution in [0.15, 0.2) is 65.1 Å². The molecule has 1 heterocycles. The second-order valence-electron chi connectivity index (χ2n) is 5.12. The van der Waals surface area contributed by atoms with Crippen LogP contribution in [0.2, 0.25) is 0 Å². The van der Waals surface area contributed by atoms with E-state index in [9.17, 15) is 8.78 Å². The lowest BCUT2D eigenvalue weighted by Gasteiger charge is -2.08. The Morgan fingerprint density at radius 3 is 2.36 bits per heavy atom. The van der Waals surface area contributed by atoms with Gasteiger partial charge in [0, 0.05) is 27.0 Å². The summed E-state index contributed by atoms with van der Waals surface area (Å²) in [6.07, 6.45) is 0. The van der Waals surface area contributed by atoms with Crippen molar-refractivity contribution in [3.8, 4) is 5.69 Å². The maximum absolute atomic E-state index is 14.5. The zero-order valence-electron chi connectivity index (χ0n) is 11.4. The molecule has 4 rings (SSSR count). The largest absolute Gasteiger partial charge is 0.307 e. The first kappa shape index (κ1) is 13.5. The van der Waals surface area contributed by atoms with Crippen molar-refractivity contribution in [3.63, 3.8) is 0 Å². The van der Waals surface area contributed by atoms with E-state index in [0.29, 0.717) is 10.9 Å². The number of fused-ring (bicyclic) bond motifs is 3. The highest BCUT2D eigenvalue weighted by atomic mass is 79.9. The van der Waals surface area contributed by atoms with Gasteiger partial charge in [-0.1, -0.05) is 34.1 Å². The SMILES string of the molecule is Fc1cc(F)c2c(c1)c1cc(Br)ccc1n2-c1ccccc1. The quantitative estimate of drug-likeness (QED) is 0.404. The summed E-state index contributed by atoms with van der Waals surface area (Å²) >= 11 is 3.42. The van der Waals surface area contributed by atoms with Crippen molar-refractivity contribution in [3.05, 3.63) is 76.8 Å². The Balaban J connectivity index is 2.27. The Kier molecular flexibility index (Phi) is 3.01. The van der Waals surface area contributed by atoms with Gasteiger partial charge in [-0.15, -0.1) is 0 Å². The highest BCUT2D eigenvalue weighted by Crippen LogP contribution is 2.35. The number of aromatic nitrogens is 1. The van der Waals surface area contributed by atoms with Gasteiger partial charge in [-0.2, -0.15) is 0 Å². The van der Waals surface area contributed by atoms with E-state index < -0.39 is 11.6 Å². The zero-order valence-corrected chi connectivity index (χ0v) is 12.9. The summed E-state index contributed by atoms with van der Waals surface area (Å²) in [5.74, 6) is -1.14. The molecule has 0 amide bonds. The monoisotopic (exact) mass is 357 g/mol. The highest BCUT2D eigenvalue weighted by Gasteiger charge is 2.17. The van der Waals surface area contributed by atoms with Gasteiger partial charge in [0.05, 0.1) is 11.0 Å². The third-order valence-corrected chi connectivity index (χ3v) is 4.25. The van der Waals surface area contributed by atoms with Gasteiger partial charge >= 0.3 is 0 Å². The average molecular weight is 358 g/mol. The Bertz CT molecular complexity index is 1010. The second-order valence-corrected chi connectivity index (χ2v) is 6.03. The molecule has 108 valence electrons. The fourth-order valence-electron chi connectivity index (χ4n) is 2.88. The van der Waals surface area contributed by atoms with Crippen LogP contribution >= 0.6 is 15.9 Å². The summed E-state index contributed by atoms with van der Waals surface area (Å²) in [4.78, 5) is 0. The van der Waals surface area contributed by atoms with Crippen LogP contribution in [0, 0.1) is 11.6 Å². The molecule has 0 radical (unpaired) electrons. The van der Waals surface area contributed by atoms with E-state index in [1.807, 2.05) is 53.1 Å². The molecule has 1 nitrogen and oxygen atoms in total. The Labute approximate surface area is 133 Å². The number of para-hydroxylation sites is 1.